The molecule has 0 fully saturated rings. The fourth-order valence-corrected chi connectivity index (χ4v) is 3.57. The van der Waals surface area contributed by atoms with Crippen LogP contribution in [0.2, 0.25) is 0 Å². The lowest BCUT2D eigenvalue weighted by Crippen LogP contribution is -2.19. The van der Waals surface area contributed by atoms with Crippen molar-refractivity contribution in [3.8, 4) is 5.75 Å². The van der Waals surface area contributed by atoms with Crippen molar-refractivity contribution >= 4 is 30.3 Å². The first-order chi connectivity index (χ1) is 9.72. The summed E-state index contributed by atoms with van der Waals surface area (Å²) in [5, 5.41) is 2.62. The fourth-order valence-electron chi connectivity index (χ4n) is 1.67. The summed E-state index contributed by atoms with van der Waals surface area (Å²) in [7, 11) is 1.63. The molecular formula is C15H17IN2O2. The van der Waals surface area contributed by atoms with Crippen LogP contribution in [0.5, 0.6) is 5.75 Å². The second-order valence-electron chi connectivity index (χ2n) is 4.17. The van der Waals surface area contributed by atoms with Crippen molar-refractivity contribution in [1.29, 1.82) is 0 Å². The molecule has 0 spiro atoms. The third kappa shape index (κ3) is 4.01. The summed E-state index contributed by atoms with van der Waals surface area (Å²) in [5.74, 6) is 0.771. The molecule has 1 aromatic carbocycles. The third-order valence-corrected chi connectivity index (χ3v) is 4.91. The van der Waals surface area contributed by atoms with Crippen LogP contribution in [0.3, 0.4) is 0 Å². The smallest absolute Gasteiger partial charge is 0.251 e. The number of rotatable bonds is 5. The van der Waals surface area contributed by atoms with Gasteiger partial charge in [-0.2, -0.15) is 0 Å². The van der Waals surface area contributed by atoms with Crippen LogP contribution in [0.15, 0.2) is 46.1 Å². The summed E-state index contributed by atoms with van der Waals surface area (Å²) in [4.78, 5) is 11.5. The highest BCUT2D eigenvalue weighted by Gasteiger charge is 2.08. The monoisotopic (exact) mass is 384 g/mol. The molecule has 1 heterocycles. The van der Waals surface area contributed by atoms with Gasteiger partial charge in [-0.05, 0) is 67.6 Å². The molecule has 0 saturated heterocycles. The van der Waals surface area contributed by atoms with Crippen molar-refractivity contribution in [2.45, 2.75) is 6.42 Å². The molecule has 4 nitrogen and oxygen atoms in total. The van der Waals surface area contributed by atoms with Crippen LogP contribution in [0.25, 0.3) is 0 Å². The number of hydrogen-bond donors (Lipinski definition) is 2. The van der Waals surface area contributed by atoms with Crippen molar-refractivity contribution in [2.24, 2.45) is 5.73 Å². The minimum absolute atomic E-state index is 0.0499. The van der Waals surface area contributed by atoms with Crippen LogP contribution in [0.4, 0.5) is 0 Å². The quantitative estimate of drug-likeness (QED) is 0.762. The van der Waals surface area contributed by atoms with Gasteiger partial charge in [-0.25, -0.2) is 0 Å². The van der Waals surface area contributed by atoms with Crippen LogP contribution in [0.1, 0.15) is 5.56 Å². The standard InChI is InChI=1S/C15H17IN2O2/c1-18-15(19)12-4-7-14(16-10-12)20-13-5-2-11(3-6-13)8-9-17/h2-7,10H,8-9,17H2,1H3,(H,18,19). The van der Waals surface area contributed by atoms with Gasteiger partial charge in [0.05, 0.1) is 0 Å². The zero-order chi connectivity index (χ0) is 14.4. The zero-order valence-electron chi connectivity index (χ0n) is 11.2. The van der Waals surface area contributed by atoms with Gasteiger partial charge in [-0.3, -0.25) is 4.79 Å². The molecule has 20 heavy (non-hydrogen) atoms. The molecule has 1 aliphatic rings. The molecule has 3 N–H and O–H groups in total. The molecule has 1 amide bonds. The number of halogens is 1. The van der Waals surface area contributed by atoms with Crippen LogP contribution >= 0.6 is 20.7 Å². The Hall–Kier alpha value is -1.47. The van der Waals surface area contributed by atoms with Gasteiger partial charge in [0.1, 0.15) is 5.75 Å². The fraction of sp³-hybridized carbons (Fsp3) is 0.200. The van der Waals surface area contributed by atoms with E-state index in [4.69, 9.17) is 10.5 Å². The normalized spacial score (nSPS) is 13.9. The number of benzene rings is 1. The van der Waals surface area contributed by atoms with Crippen molar-refractivity contribution in [1.82, 2.24) is 5.32 Å². The Labute approximate surface area is 128 Å². The Balaban J connectivity index is 2.01. The molecule has 0 atom stereocenters. The maximum atomic E-state index is 11.5. The van der Waals surface area contributed by atoms with Gasteiger partial charge in [-0.1, -0.05) is 12.1 Å². The van der Waals surface area contributed by atoms with E-state index in [1.807, 2.05) is 34.4 Å². The van der Waals surface area contributed by atoms with E-state index in [2.05, 4.69) is 5.32 Å². The Bertz CT molecular complexity index is 574. The highest BCUT2D eigenvalue weighted by atomic mass is 127. The number of nitrogens with one attached hydrogen (secondary N) is 1. The van der Waals surface area contributed by atoms with Crippen LogP contribution in [0, 0.1) is 0 Å². The SMILES string of the molecule is CNC(=O)C1=CI=C(Oc2ccc(CCN)cc2)C=C1. The van der Waals surface area contributed by atoms with Gasteiger partial charge < -0.3 is 15.8 Å². The van der Waals surface area contributed by atoms with Gasteiger partial charge in [0, 0.05) is 12.6 Å². The Morgan fingerprint density at radius 2 is 2.05 bits per heavy atom. The van der Waals surface area contributed by atoms with E-state index < -0.39 is 20.7 Å². The predicted molar refractivity (Wildman–Crippen MR) is 90.1 cm³/mol. The molecule has 106 valence electrons. The molecule has 0 aliphatic carbocycles. The first-order valence-electron chi connectivity index (χ1n) is 6.30. The van der Waals surface area contributed by atoms with Gasteiger partial charge in [0.15, 0.2) is 3.69 Å². The number of ether oxygens (including phenoxy) is 1. The summed E-state index contributed by atoms with van der Waals surface area (Å²) in [6.45, 7) is 0.652. The van der Waals surface area contributed by atoms with Crippen LogP contribution in [-0.2, 0) is 11.2 Å². The van der Waals surface area contributed by atoms with E-state index in [1.54, 1.807) is 13.1 Å². The zero-order valence-corrected chi connectivity index (χ0v) is 13.4. The van der Waals surface area contributed by atoms with Crippen molar-refractivity contribution in [3.63, 3.8) is 0 Å². The molecule has 2 rings (SSSR count). The van der Waals surface area contributed by atoms with Crippen molar-refractivity contribution < 1.29 is 9.53 Å². The lowest BCUT2D eigenvalue weighted by Gasteiger charge is -2.09. The molecule has 0 aromatic heterocycles. The lowest BCUT2D eigenvalue weighted by atomic mass is 10.1. The molecule has 5 heteroatoms. The maximum Gasteiger partial charge on any atom is 0.251 e. The van der Waals surface area contributed by atoms with E-state index in [0.29, 0.717) is 12.1 Å². The molecule has 0 bridgehead atoms. The van der Waals surface area contributed by atoms with Gasteiger partial charge >= 0.3 is 0 Å². The summed E-state index contributed by atoms with van der Waals surface area (Å²) >= 11 is -0.407. The third-order valence-electron chi connectivity index (χ3n) is 2.73. The topological polar surface area (TPSA) is 64.3 Å². The van der Waals surface area contributed by atoms with Crippen LogP contribution < -0.4 is 15.8 Å². The number of hydrogen-bond acceptors (Lipinski definition) is 3. The molecule has 1 aromatic rings. The van der Waals surface area contributed by atoms with E-state index in [9.17, 15) is 4.79 Å². The Morgan fingerprint density at radius 3 is 2.60 bits per heavy atom. The van der Waals surface area contributed by atoms with Gasteiger partial charge in [0.2, 0.25) is 0 Å². The minimum atomic E-state index is -0.407. The molecule has 1 aliphatic heterocycles. The van der Waals surface area contributed by atoms with Crippen molar-refractivity contribution in [2.75, 3.05) is 13.6 Å². The Morgan fingerprint density at radius 1 is 1.30 bits per heavy atom. The number of carbonyl (C=O) groups is 1. The molecule has 0 saturated carbocycles. The average Bonchev–Trinajstić information content (AvgIpc) is 2.49. The predicted octanol–water partition coefficient (Wildman–Crippen LogP) is 1.87. The summed E-state index contributed by atoms with van der Waals surface area (Å²) in [6, 6.07) is 7.96. The molecule has 0 unspecified atom stereocenters. The average molecular weight is 384 g/mol. The van der Waals surface area contributed by atoms with E-state index in [0.717, 1.165) is 15.9 Å². The molecule has 0 radical (unpaired) electrons. The minimum Gasteiger partial charge on any atom is -0.451 e. The number of nitrogens with two attached hydrogens (primary N) is 1. The Kier molecular flexibility index (Phi) is 5.49. The van der Waals surface area contributed by atoms with E-state index >= 15 is 0 Å². The van der Waals surface area contributed by atoms with Gasteiger partial charge in [-0.15, -0.1) is 0 Å². The number of carbonyl (C=O) groups excluding carboxylic acids is 1. The number of likely N-dealkylation sites (N-methyl/N-ethyl adjacent to an activating group) is 1. The van der Waals surface area contributed by atoms with Crippen molar-refractivity contribution in [3.05, 3.63) is 51.6 Å². The first-order valence-corrected chi connectivity index (χ1v) is 8.63. The summed E-state index contributed by atoms with van der Waals surface area (Å²) in [5.41, 5.74) is 7.44. The second kappa shape index (κ2) is 7.35. The van der Waals surface area contributed by atoms with E-state index in [-0.39, 0.29) is 5.91 Å². The maximum absolute atomic E-state index is 11.5. The second-order valence-corrected chi connectivity index (χ2v) is 6.48. The first kappa shape index (κ1) is 14.9. The highest BCUT2D eigenvalue weighted by Crippen LogP contribution is 2.20. The largest absolute Gasteiger partial charge is 0.451 e. The van der Waals surface area contributed by atoms with Gasteiger partial charge in [0.25, 0.3) is 5.91 Å². The highest BCUT2D eigenvalue weighted by molar-refractivity contribution is 14.2. The summed E-state index contributed by atoms with van der Waals surface area (Å²) < 4.78 is 8.72. The number of amides is 1. The summed E-state index contributed by atoms with van der Waals surface area (Å²) in [6.07, 6.45) is 4.55. The molecular weight excluding hydrogens is 367 g/mol. The lowest BCUT2D eigenvalue weighted by molar-refractivity contribution is -0.116. The van der Waals surface area contributed by atoms with E-state index in [1.165, 1.54) is 5.56 Å². The van der Waals surface area contributed by atoms with Crippen LogP contribution in [-0.4, -0.2) is 23.2 Å².